The molecule has 3 rings (SSSR count). The molecule has 1 unspecified atom stereocenters. The first-order valence-corrected chi connectivity index (χ1v) is 6.97. The third-order valence-electron chi connectivity index (χ3n) is 3.93. The van der Waals surface area contributed by atoms with E-state index in [1.165, 1.54) is 0 Å². The molecule has 1 amide bonds. The van der Waals surface area contributed by atoms with Gasteiger partial charge in [0.25, 0.3) is 5.91 Å². The number of hydrogen-bond donors (Lipinski definition) is 0. The molecule has 0 N–H and O–H groups in total. The van der Waals surface area contributed by atoms with E-state index in [0.717, 1.165) is 6.54 Å². The molecule has 0 aromatic carbocycles. The quantitative estimate of drug-likeness (QED) is 0.820. The maximum absolute atomic E-state index is 12.6. The Labute approximate surface area is 123 Å². The standard InChI is InChI=1S/C14H19N5O2/c1-10-15-13(21-16-10)12-9-19(8-7-18(12)3)14(20)11-5-4-6-17(11)2/h4-6,12H,7-9H2,1-3H3. The minimum Gasteiger partial charge on any atom is -0.347 e. The van der Waals surface area contributed by atoms with Gasteiger partial charge in [-0.15, -0.1) is 0 Å². The lowest BCUT2D eigenvalue weighted by Crippen LogP contribution is -2.49. The van der Waals surface area contributed by atoms with E-state index >= 15 is 0 Å². The van der Waals surface area contributed by atoms with Crippen LogP contribution in [0.15, 0.2) is 22.9 Å². The Kier molecular flexibility index (Phi) is 3.50. The van der Waals surface area contributed by atoms with Crippen molar-refractivity contribution in [1.29, 1.82) is 0 Å². The SMILES string of the molecule is Cc1noc(C2CN(C(=O)c3cccn3C)CCN2C)n1. The van der Waals surface area contributed by atoms with E-state index in [4.69, 9.17) is 4.52 Å². The van der Waals surface area contributed by atoms with Crippen LogP contribution in [-0.4, -0.2) is 57.1 Å². The van der Waals surface area contributed by atoms with Gasteiger partial charge in [-0.2, -0.15) is 4.98 Å². The summed E-state index contributed by atoms with van der Waals surface area (Å²) in [7, 11) is 3.89. The van der Waals surface area contributed by atoms with E-state index in [9.17, 15) is 4.79 Å². The summed E-state index contributed by atoms with van der Waals surface area (Å²) in [6.45, 7) is 3.83. The van der Waals surface area contributed by atoms with E-state index in [0.29, 0.717) is 30.5 Å². The summed E-state index contributed by atoms with van der Waals surface area (Å²) in [5, 5.41) is 3.84. The van der Waals surface area contributed by atoms with Gasteiger partial charge in [0.05, 0.1) is 0 Å². The number of piperazine rings is 1. The van der Waals surface area contributed by atoms with Crippen LogP contribution < -0.4 is 0 Å². The molecule has 0 radical (unpaired) electrons. The predicted molar refractivity (Wildman–Crippen MR) is 75.7 cm³/mol. The minimum atomic E-state index is -0.0517. The van der Waals surface area contributed by atoms with Gasteiger partial charge in [0.1, 0.15) is 11.7 Å². The molecule has 7 heteroatoms. The smallest absolute Gasteiger partial charge is 0.270 e. The van der Waals surface area contributed by atoms with Crippen LogP contribution >= 0.6 is 0 Å². The number of likely N-dealkylation sites (N-methyl/N-ethyl adjacent to an activating group) is 1. The summed E-state index contributed by atoms with van der Waals surface area (Å²) in [6.07, 6.45) is 1.88. The van der Waals surface area contributed by atoms with Crippen LogP contribution in [0.3, 0.4) is 0 Å². The number of aryl methyl sites for hydroxylation is 2. The molecule has 1 aliphatic rings. The fraction of sp³-hybridized carbons (Fsp3) is 0.500. The molecule has 1 fully saturated rings. The van der Waals surface area contributed by atoms with Crippen molar-refractivity contribution < 1.29 is 9.32 Å². The molecule has 2 aromatic rings. The number of rotatable bonds is 2. The Morgan fingerprint density at radius 3 is 2.81 bits per heavy atom. The molecule has 0 spiro atoms. The molecule has 21 heavy (non-hydrogen) atoms. The van der Waals surface area contributed by atoms with Crippen molar-refractivity contribution in [2.24, 2.45) is 7.05 Å². The Morgan fingerprint density at radius 1 is 1.38 bits per heavy atom. The number of amides is 1. The molecule has 0 saturated carbocycles. The van der Waals surface area contributed by atoms with Gasteiger partial charge in [-0.05, 0) is 26.1 Å². The molecule has 112 valence electrons. The monoisotopic (exact) mass is 289 g/mol. The van der Waals surface area contributed by atoms with Gasteiger partial charge in [-0.25, -0.2) is 0 Å². The van der Waals surface area contributed by atoms with Gasteiger partial charge in [0, 0.05) is 32.9 Å². The van der Waals surface area contributed by atoms with Crippen molar-refractivity contribution >= 4 is 5.91 Å². The second kappa shape index (κ2) is 5.33. The average molecular weight is 289 g/mol. The van der Waals surface area contributed by atoms with Crippen LogP contribution in [-0.2, 0) is 7.05 Å². The average Bonchev–Trinajstić information content (AvgIpc) is 3.07. The summed E-state index contributed by atoms with van der Waals surface area (Å²) < 4.78 is 7.11. The Bertz CT molecular complexity index is 647. The first-order valence-electron chi connectivity index (χ1n) is 6.97. The largest absolute Gasteiger partial charge is 0.347 e. The summed E-state index contributed by atoms with van der Waals surface area (Å²) in [4.78, 5) is 20.9. The maximum Gasteiger partial charge on any atom is 0.270 e. The van der Waals surface area contributed by atoms with Gasteiger partial charge < -0.3 is 14.0 Å². The van der Waals surface area contributed by atoms with Crippen molar-refractivity contribution in [2.75, 3.05) is 26.7 Å². The summed E-state index contributed by atoms with van der Waals surface area (Å²) in [6, 6.07) is 3.67. The Balaban J connectivity index is 1.80. The predicted octanol–water partition coefficient (Wildman–Crippen LogP) is 0.845. The molecule has 1 aliphatic heterocycles. The second-order valence-corrected chi connectivity index (χ2v) is 5.43. The van der Waals surface area contributed by atoms with Crippen LogP contribution in [0.2, 0.25) is 0 Å². The number of carbonyl (C=O) groups is 1. The molecule has 1 saturated heterocycles. The van der Waals surface area contributed by atoms with Crippen molar-refractivity contribution in [3.05, 3.63) is 35.7 Å². The fourth-order valence-electron chi connectivity index (χ4n) is 2.62. The first kappa shape index (κ1) is 13.8. The number of hydrogen-bond acceptors (Lipinski definition) is 5. The summed E-state index contributed by atoms with van der Waals surface area (Å²) in [5.41, 5.74) is 0.694. The molecule has 0 bridgehead atoms. The van der Waals surface area contributed by atoms with E-state index in [1.54, 1.807) is 6.92 Å². The second-order valence-electron chi connectivity index (χ2n) is 5.43. The van der Waals surface area contributed by atoms with E-state index in [-0.39, 0.29) is 11.9 Å². The highest BCUT2D eigenvalue weighted by atomic mass is 16.5. The van der Waals surface area contributed by atoms with Crippen LogP contribution in [0, 0.1) is 6.92 Å². The summed E-state index contributed by atoms with van der Waals surface area (Å²) >= 11 is 0. The number of aromatic nitrogens is 3. The van der Waals surface area contributed by atoms with E-state index in [2.05, 4.69) is 15.0 Å². The maximum atomic E-state index is 12.6. The van der Waals surface area contributed by atoms with Gasteiger partial charge in [-0.3, -0.25) is 9.69 Å². The lowest BCUT2D eigenvalue weighted by Gasteiger charge is -2.37. The fourth-order valence-corrected chi connectivity index (χ4v) is 2.62. The minimum absolute atomic E-state index is 0.0387. The van der Waals surface area contributed by atoms with E-state index in [1.807, 2.05) is 41.9 Å². The molecule has 3 heterocycles. The molecule has 1 atom stereocenters. The molecule has 0 aliphatic carbocycles. The van der Waals surface area contributed by atoms with Gasteiger partial charge in [-0.1, -0.05) is 5.16 Å². The third-order valence-corrected chi connectivity index (χ3v) is 3.93. The zero-order valence-electron chi connectivity index (χ0n) is 12.5. The van der Waals surface area contributed by atoms with Crippen molar-refractivity contribution in [3.8, 4) is 0 Å². The highest BCUT2D eigenvalue weighted by Crippen LogP contribution is 2.23. The third kappa shape index (κ3) is 2.56. The molecular formula is C14H19N5O2. The Morgan fingerprint density at radius 2 is 2.19 bits per heavy atom. The normalized spacial score (nSPS) is 20.0. The zero-order valence-corrected chi connectivity index (χ0v) is 12.5. The zero-order chi connectivity index (χ0) is 15.0. The Hall–Kier alpha value is -2.15. The lowest BCUT2D eigenvalue weighted by molar-refractivity contribution is 0.0480. The van der Waals surface area contributed by atoms with Crippen LogP contribution in [0.25, 0.3) is 0 Å². The van der Waals surface area contributed by atoms with E-state index < -0.39 is 0 Å². The van der Waals surface area contributed by atoms with Gasteiger partial charge >= 0.3 is 0 Å². The van der Waals surface area contributed by atoms with Crippen LogP contribution in [0.1, 0.15) is 28.2 Å². The summed E-state index contributed by atoms with van der Waals surface area (Å²) in [5.74, 6) is 1.22. The highest BCUT2D eigenvalue weighted by Gasteiger charge is 2.32. The highest BCUT2D eigenvalue weighted by molar-refractivity contribution is 5.92. The van der Waals surface area contributed by atoms with Crippen molar-refractivity contribution in [3.63, 3.8) is 0 Å². The number of nitrogens with zero attached hydrogens (tertiary/aromatic N) is 5. The van der Waals surface area contributed by atoms with Crippen LogP contribution in [0.5, 0.6) is 0 Å². The van der Waals surface area contributed by atoms with Gasteiger partial charge in [0.2, 0.25) is 5.89 Å². The van der Waals surface area contributed by atoms with Gasteiger partial charge in [0.15, 0.2) is 5.82 Å². The topological polar surface area (TPSA) is 67.4 Å². The first-order chi connectivity index (χ1) is 10.1. The molecule has 7 nitrogen and oxygen atoms in total. The molecular weight excluding hydrogens is 270 g/mol. The van der Waals surface area contributed by atoms with Crippen LogP contribution in [0.4, 0.5) is 0 Å². The van der Waals surface area contributed by atoms with Crippen molar-refractivity contribution in [1.82, 2.24) is 24.5 Å². The number of carbonyl (C=O) groups excluding carboxylic acids is 1. The lowest BCUT2D eigenvalue weighted by atomic mass is 10.1. The molecule has 2 aromatic heterocycles. The van der Waals surface area contributed by atoms with Crippen molar-refractivity contribution in [2.45, 2.75) is 13.0 Å².